The SMILES string of the molecule is CC(=O)/C(=C\C(=O)O)C(=O)O.Cl.[H-].[Na+]. The summed E-state index contributed by atoms with van der Waals surface area (Å²) in [5, 5.41) is 16.3. The van der Waals surface area contributed by atoms with E-state index in [9.17, 15) is 14.4 Å². The molecule has 5 nitrogen and oxygen atoms in total. The fraction of sp³-hybridized carbons (Fsp3) is 0.167. The predicted octanol–water partition coefficient (Wildman–Crippen LogP) is -2.79. The molecule has 0 atom stereocenters. The number of aliphatic carboxylic acids is 2. The Bertz CT molecular complexity index is 237. The third kappa shape index (κ3) is 7.98. The molecule has 0 amide bonds. The first-order chi connectivity index (χ1) is 4.95. The number of hydrogen-bond acceptors (Lipinski definition) is 3. The van der Waals surface area contributed by atoms with E-state index in [4.69, 9.17) is 10.2 Å². The first-order valence-corrected chi connectivity index (χ1v) is 2.64. The first kappa shape index (κ1) is 18.4. The van der Waals surface area contributed by atoms with Gasteiger partial charge in [-0.25, -0.2) is 9.59 Å². The summed E-state index contributed by atoms with van der Waals surface area (Å²) < 4.78 is 0. The predicted molar refractivity (Wildman–Crippen MR) is 42.4 cm³/mol. The standard InChI is InChI=1S/C6H6O5.ClH.Na.H/c1-3(7)4(6(10)11)2-5(8)9;;;/h2H,1H3,(H,8,9)(H,10,11);1H;;/q;;+1;-1/b4-2+;;;. The molecular weight excluding hydrogens is 211 g/mol. The van der Waals surface area contributed by atoms with Crippen LogP contribution in [0.4, 0.5) is 0 Å². The Kier molecular flexibility index (Phi) is 11.7. The summed E-state index contributed by atoms with van der Waals surface area (Å²) in [7, 11) is 0. The summed E-state index contributed by atoms with van der Waals surface area (Å²) in [5.74, 6) is -3.75. The van der Waals surface area contributed by atoms with Gasteiger partial charge < -0.3 is 11.6 Å². The molecule has 13 heavy (non-hydrogen) atoms. The van der Waals surface area contributed by atoms with Crippen LogP contribution in [-0.2, 0) is 14.4 Å². The molecule has 0 heterocycles. The Labute approximate surface area is 104 Å². The van der Waals surface area contributed by atoms with Crippen molar-refractivity contribution in [2.75, 3.05) is 0 Å². The second-order valence-corrected chi connectivity index (χ2v) is 1.76. The number of carbonyl (C=O) groups is 3. The van der Waals surface area contributed by atoms with Gasteiger partial charge >= 0.3 is 41.5 Å². The van der Waals surface area contributed by atoms with Crippen LogP contribution in [0.3, 0.4) is 0 Å². The number of Topliss-reactive ketones (excluding diaryl/α,β-unsaturated/α-hetero) is 1. The summed E-state index contributed by atoms with van der Waals surface area (Å²) in [4.78, 5) is 30.5. The number of carboxylic acid groups (broad SMARTS) is 2. The van der Waals surface area contributed by atoms with Crippen LogP contribution in [0.1, 0.15) is 8.35 Å². The summed E-state index contributed by atoms with van der Waals surface area (Å²) >= 11 is 0. The Morgan fingerprint density at radius 3 is 1.69 bits per heavy atom. The molecule has 0 aliphatic rings. The van der Waals surface area contributed by atoms with Crippen molar-refractivity contribution in [2.24, 2.45) is 0 Å². The number of hydrogen-bond donors (Lipinski definition) is 2. The van der Waals surface area contributed by atoms with Gasteiger partial charge in [-0.1, -0.05) is 0 Å². The van der Waals surface area contributed by atoms with Crippen LogP contribution in [0.2, 0.25) is 0 Å². The summed E-state index contributed by atoms with van der Waals surface area (Å²) in [6, 6.07) is 0. The van der Waals surface area contributed by atoms with Gasteiger partial charge in [-0.2, -0.15) is 0 Å². The summed E-state index contributed by atoms with van der Waals surface area (Å²) in [6.07, 6.45) is 0.366. The fourth-order valence-corrected chi connectivity index (χ4v) is 0.437. The van der Waals surface area contributed by atoms with Gasteiger partial charge in [0.15, 0.2) is 5.78 Å². The van der Waals surface area contributed by atoms with Crippen molar-refractivity contribution in [1.29, 1.82) is 0 Å². The van der Waals surface area contributed by atoms with Crippen molar-refractivity contribution in [1.82, 2.24) is 0 Å². The summed E-state index contributed by atoms with van der Waals surface area (Å²) in [5.41, 5.74) is -0.725. The van der Waals surface area contributed by atoms with E-state index in [1.807, 2.05) is 0 Å². The Hall–Kier alpha value is -0.360. The number of halogens is 1. The van der Waals surface area contributed by atoms with E-state index in [0.29, 0.717) is 6.08 Å². The molecule has 70 valence electrons. The molecule has 0 aromatic rings. The average molecular weight is 219 g/mol. The van der Waals surface area contributed by atoms with E-state index >= 15 is 0 Å². The van der Waals surface area contributed by atoms with E-state index in [0.717, 1.165) is 6.92 Å². The van der Waals surface area contributed by atoms with Gasteiger partial charge in [-0.15, -0.1) is 12.4 Å². The second-order valence-electron chi connectivity index (χ2n) is 1.76. The number of carbonyl (C=O) groups excluding carboxylic acids is 1. The minimum absolute atomic E-state index is 0. The van der Waals surface area contributed by atoms with Crippen LogP contribution in [0, 0.1) is 0 Å². The van der Waals surface area contributed by atoms with Crippen LogP contribution in [0.25, 0.3) is 0 Å². The zero-order valence-electron chi connectivity index (χ0n) is 8.10. The molecule has 0 aromatic carbocycles. The maximum atomic E-state index is 10.4. The van der Waals surface area contributed by atoms with E-state index < -0.39 is 23.3 Å². The van der Waals surface area contributed by atoms with E-state index in [1.165, 1.54) is 0 Å². The molecule has 0 aliphatic carbocycles. The molecule has 0 spiro atoms. The second kappa shape index (κ2) is 8.25. The van der Waals surface area contributed by atoms with Gasteiger partial charge in [-0.3, -0.25) is 4.79 Å². The zero-order valence-corrected chi connectivity index (χ0v) is 9.92. The van der Waals surface area contributed by atoms with Gasteiger partial charge in [0.05, 0.1) is 0 Å². The van der Waals surface area contributed by atoms with Gasteiger partial charge in [-0.05, 0) is 6.92 Å². The van der Waals surface area contributed by atoms with E-state index in [-0.39, 0.29) is 43.4 Å². The molecule has 0 aromatic heterocycles. The van der Waals surface area contributed by atoms with Crippen LogP contribution in [0.15, 0.2) is 11.6 Å². The van der Waals surface area contributed by atoms with Crippen molar-refractivity contribution in [3.63, 3.8) is 0 Å². The monoisotopic (exact) mass is 218 g/mol. The van der Waals surface area contributed by atoms with Crippen LogP contribution in [0.5, 0.6) is 0 Å². The van der Waals surface area contributed by atoms with Crippen molar-refractivity contribution in [3.8, 4) is 0 Å². The molecule has 0 aliphatic heterocycles. The van der Waals surface area contributed by atoms with Crippen molar-refractivity contribution < 1.29 is 55.6 Å². The molecule has 0 rings (SSSR count). The quantitative estimate of drug-likeness (QED) is 0.231. The zero-order chi connectivity index (χ0) is 9.02. The fourth-order valence-electron chi connectivity index (χ4n) is 0.437. The maximum Gasteiger partial charge on any atom is 1.00 e. The average Bonchev–Trinajstić information content (AvgIpc) is 1.81. The Morgan fingerprint density at radius 1 is 1.23 bits per heavy atom. The molecular formula is C6H8ClNaO5. The smallest absolute Gasteiger partial charge is 1.00 e. The van der Waals surface area contributed by atoms with Crippen LogP contribution in [-0.4, -0.2) is 27.9 Å². The molecule has 0 saturated heterocycles. The summed E-state index contributed by atoms with van der Waals surface area (Å²) in [6.45, 7) is 0.989. The van der Waals surface area contributed by atoms with Crippen molar-refractivity contribution in [3.05, 3.63) is 11.6 Å². The van der Waals surface area contributed by atoms with Crippen LogP contribution < -0.4 is 29.6 Å². The largest absolute Gasteiger partial charge is 1.00 e. The molecule has 0 saturated carbocycles. The molecule has 0 unspecified atom stereocenters. The Morgan fingerprint density at radius 2 is 1.62 bits per heavy atom. The van der Waals surface area contributed by atoms with E-state index in [1.54, 1.807) is 0 Å². The molecule has 0 radical (unpaired) electrons. The molecule has 0 bridgehead atoms. The number of rotatable bonds is 3. The van der Waals surface area contributed by atoms with Gasteiger partial charge in [0.1, 0.15) is 5.57 Å². The normalized spacial score (nSPS) is 9.15. The van der Waals surface area contributed by atoms with Gasteiger partial charge in [0, 0.05) is 6.08 Å². The minimum atomic E-state index is -1.53. The topological polar surface area (TPSA) is 91.7 Å². The molecule has 2 N–H and O–H groups in total. The van der Waals surface area contributed by atoms with Crippen LogP contribution >= 0.6 is 12.4 Å². The molecule has 0 fully saturated rings. The molecule has 7 heteroatoms. The minimum Gasteiger partial charge on any atom is -1.00 e. The third-order valence-electron chi connectivity index (χ3n) is 0.878. The number of ketones is 1. The van der Waals surface area contributed by atoms with Gasteiger partial charge in [0.2, 0.25) is 0 Å². The Balaban J connectivity index is -0.000000167. The first-order valence-electron chi connectivity index (χ1n) is 2.64. The van der Waals surface area contributed by atoms with E-state index in [2.05, 4.69) is 0 Å². The third-order valence-corrected chi connectivity index (χ3v) is 0.878. The maximum absolute atomic E-state index is 10.4. The van der Waals surface area contributed by atoms with Crippen molar-refractivity contribution >= 4 is 30.1 Å². The van der Waals surface area contributed by atoms with Gasteiger partial charge in [0.25, 0.3) is 0 Å². The van der Waals surface area contributed by atoms with Crippen molar-refractivity contribution in [2.45, 2.75) is 6.92 Å². The number of carboxylic acids is 2.